The second kappa shape index (κ2) is 8.76. The highest BCUT2D eigenvalue weighted by atomic mass is 35.5. The van der Waals surface area contributed by atoms with Gasteiger partial charge in [-0.15, -0.1) is 0 Å². The summed E-state index contributed by atoms with van der Waals surface area (Å²) in [5.74, 6) is -0.194. The molecule has 0 radical (unpaired) electrons. The molecule has 1 saturated heterocycles. The minimum atomic E-state index is -0.861. The van der Waals surface area contributed by atoms with Gasteiger partial charge >= 0.3 is 0 Å². The molecule has 3 aromatic rings. The second-order valence-electron chi connectivity index (χ2n) is 7.72. The normalized spacial score (nSPS) is 18.4. The van der Waals surface area contributed by atoms with Gasteiger partial charge in [-0.25, -0.2) is 0 Å². The number of hydrogen-bond acceptors (Lipinski definition) is 6. The lowest BCUT2D eigenvalue weighted by Crippen LogP contribution is -2.29. The van der Waals surface area contributed by atoms with Gasteiger partial charge in [-0.1, -0.05) is 23.7 Å². The molecule has 1 fully saturated rings. The third-order valence-corrected chi connectivity index (χ3v) is 5.95. The first-order valence-electron chi connectivity index (χ1n) is 10.7. The van der Waals surface area contributed by atoms with Gasteiger partial charge in [0, 0.05) is 16.3 Å². The van der Waals surface area contributed by atoms with Crippen molar-refractivity contribution < 1.29 is 28.9 Å². The number of aliphatic hydroxyl groups excluding tert-OH is 1. The molecular formula is C26H20ClNO6. The summed E-state index contributed by atoms with van der Waals surface area (Å²) >= 11 is 6.08. The minimum absolute atomic E-state index is 0.0277. The standard InChI is InChI=1S/C26H20ClNO6/c1-2-32-19-10-8-18(9-11-19)28-23(15-3-6-17(27)7-4-15)22(25(30)26(28)31)24(29)16-5-12-20-21(13-16)34-14-33-20/h3-13,23,29H,2,14H2,1H3/b24-22-. The number of anilines is 1. The fourth-order valence-corrected chi connectivity index (χ4v) is 4.25. The Kier molecular flexibility index (Phi) is 5.63. The monoisotopic (exact) mass is 477 g/mol. The number of benzene rings is 3. The molecule has 1 atom stereocenters. The van der Waals surface area contributed by atoms with Crippen LogP contribution in [0.5, 0.6) is 17.2 Å². The molecule has 1 N–H and O–H groups in total. The lowest BCUT2D eigenvalue weighted by atomic mass is 9.95. The number of aliphatic hydroxyl groups is 1. The average Bonchev–Trinajstić information content (AvgIpc) is 3.42. The van der Waals surface area contributed by atoms with Crippen LogP contribution in [0.3, 0.4) is 0 Å². The van der Waals surface area contributed by atoms with E-state index in [1.807, 2.05) is 6.92 Å². The molecule has 172 valence electrons. The van der Waals surface area contributed by atoms with Crippen LogP contribution in [-0.2, 0) is 9.59 Å². The molecule has 34 heavy (non-hydrogen) atoms. The first kappa shape index (κ1) is 21.9. The van der Waals surface area contributed by atoms with E-state index in [1.165, 1.54) is 4.90 Å². The maximum absolute atomic E-state index is 13.2. The number of carbonyl (C=O) groups is 2. The predicted octanol–water partition coefficient (Wildman–Crippen LogP) is 5.09. The maximum atomic E-state index is 13.2. The van der Waals surface area contributed by atoms with E-state index in [1.54, 1.807) is 66.7 Å². The van der Waals surface area contributed by atoms with Crippen LogP contribution >= 0.6 is 11.6 Å². The largest absolute Gasteiger partial charge is 0.507 e. The van der Waals surface area contributed by atoms with Crippen LogP contribution in [0.15, 0.2) is 72.3 Å². The lowest BCUT2D eigenvalue weighted by molar-refractivity contribution is -0.132. The number of ether oxygens (including phenoxy) is 3. The van der Waals surface area contributed by atoms with Crippen LogP contribution in [0.4, 0.5) is 5.69 Å². The number of fused-ring (bicyclic) bond motifs is 1. The van der Waals surface area contributed by atoms with Crippen molar-refractivity contribution >= 4 is 34.7 Å². The van der Waals surface area contributed by atoms with Crippen LogP contribution in [0.2, 0.25) is 5.02 Å². The first-order chi connectivity index (χ1) is 16.5. The Morgan fingerprint density at radius 1 is 1.03 bits per heavy atom. The summed E-state index contributed by atoms with van der Waals surface area (Å²) in [5, 5.41) is 11.8. The predicted molar refractivity (Wildman–Crippen MR) is 126 cm³/mol. The zero-order chi connectivity index (χ0) is 23.8. The quantitative estimate of drug-likeness (QED) is 0.313. The van der Waals surface area contributed by atoms with Crippen molar-refractivity contribution in [3.63, 3.8) is 0 Å². The molecule has 3 aromatic carbocycles. The summed E-state index contributed by atoms with van der Waals surface area (Å²) in [6.07, 6.45) is 0. The zero-order valence-corrected chi connectivity index (χ0v) is 18.9. The van der Waals surface area contributed by atoms with Crippen molar-refractivity contribution in [3.05, 3.63) is 88.5 Å². The van der Waals surface area contributed by atoms with Crippen LogP contribution in [0, 0.1) is 0 Å². The third kappa shape index (κ3) is 3.74. The Hall–Kier alpha value is -3.97. The molecule has 7 nitrogen and oxygen atoms in total. The summed E-state index contributed by atoms with van der Waals surface area (Å²) in [4.78, 5) is 27.8. The van der Waals surface area contributed by atoms with E-state index in [2.05, 4.69) is 0 Å². The molecule has 0 bridgehead atoms. The Bertz CT molecular complexity index is 1300. The Balaban J connectivity index is 1.65. The van der Waals surface area contributed by atoms with Gasteiger partial charge in [0.1, 0.15) is 11.5 Å². The Labute approximate surface area is 200 Å². The molecule has 1 amide bonds. The van der Waals surface area contributed by atoms with E-state index in [-0.39, 0.29) is 18.1 Å². The van der Waals surface area contributed by atoms with Gasteiger partial charge < -0.3 is 19.3 Å². The number of carbonyl (C=O) groups excluding carboxylic acids is 2. The Morgan fingerprint density at radius 2 is 1.74 bits per heavy atom. The summed E-state index contributed by atoms with van der Waals surface area (Å²) in [6, 6.07) is 17.7. The van der Waals surface area contributed by atoms with Crippen LogP contribution in [-0.4, -0.2) is 30.2 Å². The number of amides is 1. The Morgan fingerprint density at radius 3 is 2.44 bits per heavy atom. The fraction of sp³-hybridized carbons (Fsp3) is 0.154. The average molecular weight is 478 g/mol. The molecule has 2 heterocycles. The fourth-order valence-electron chi connectivity index (χ4n) is 4.13. The lowest BCUT2D eigenvalue weighted by Gasteiger charge is -2.25. The van der Waals surface area contributed by atoms with Crippen molar-refractivity contribution in [1.82, 2.24) is 0 Å². The van der Waals surface area contributed by atoms with E-state index in [0.717, 1.165) is 0 Å². The summed E-state index contributed by atoms with van der Waals surface area (Å²) in [6.45, 7) is 2.46. The number of Topliss-reactive ketones (excluding diaryl/α,β-unsaturated/α-hetero) is 1. The molecule has 8 heteroatoms. The smallest absolute Gasteiger partial charge is 0.300 e. The van der Waals surface area contributed by atoms with E-state index in [0.29, 0.717) is 45.7 Å². The van der Waals surface area contributed by atoms with E-state index >= 15 is 0 Å². The zero-order valence-electron chi connectivity index (χ0n) is 18.2. The first-order valence-corrected chi connectivity index (χ1v) is 11.0. The summed E-state index contributed by atoms with van der Waals surface area (Å²) in [5.41, 5.74) is 1.43. The highest BCUT2D eigenvalue weighted by molar-refractivity contribution is 6.51. The SMILES string of the molecule is CCOc1ccc(N2C(=O)C(=O)/C(=C(\O)c3ccc4c(c3)OCO4)C2c2ccc(Cl)cc2)cc1. The van der Waals surface area contributed by atoms with Gasteiger partial charge in [0.05, 0.1) is 18.2 Å². The molecule has 2 aliphatic heterocycles. The van der Waals surface area contributed by atoms with Crippen LogP contribution in [0.1, 0.15) is 24.1 Å². The maximum Gasteiger partial charge on any atom is 0.300 e. The van der Waals surface area contributed by atoms with Gasteiger partial charge in [-0.05, 0) is 67.1 Å². The highest BCUT2D eigenvalue weighted by Crippen LogP contribution is 2.43. The molecule has 0 saturated carbocycles. The van der Waals surface area contributed by atoms with Crippen molar-refractivity contribution in [1.29, 1.82) is 0 Å². The van der Waals surface area contributed by atoms with Crippen LogP contribution < -0.4 is 19.1 Å². The van der Waals surface area contributed by atoms with Crippen molar-refractivity contribution in [2.24, 2.45) is 0 Å². The number of ketones is 1. The number of nitrogens with zero attached hydrogens (tertiary/aromatic N) is 1. The summed E-state index contributed by atoms with van der Waals surface area (Å²) in [7, 11) is 0. The minimum Gasteiger partial charge on any atom is -0.507 e. The van der Waals surface area contributed by atoms with Gasteiger partial charge in [-0.2, -0.15) is 0 Å². The van der Waals surface area contributed by atoms with E-state index in [9.17, 15) is 14.7 Å². The summed E-state index contributed by atoms with van der Waals surface area (Å²) < 4.78 is 16.2. The van der Waals surface area contributed by atoms with Crippen molar-refractivity contribution in [2.45, 2.75) is 13.0 Å². The third-order valence-electron chi connectivity index (χ3n) is 5.70. The van der Waals surface area contributed by atoms with Gasteiger partial charge in [0.15, 0.2) is 11.5 Å². The van der Waals surface area contributed by atoms with Gasteiger partial charge in [0.2, 0.25) is 6.79 Å². The number of hydrogen-bond donors (Lipinski definition) is 1. The highest BCUT2D eigenvalue weighted by Gasteiger charge is 2.47. The van der Waals surface area contributed by atoms with E-state index in [4.69, 9.17) is 25.8 Å². The molecular weight excluding hydrogens is 458 g/mol. The van der Waals surface area contributed by atoms with Crippen LogP contribution in [0.25, 0.3) is 5.76 Å². The van der Waals surface area contributed by atoms with E-state index < -0.39 is 17.7 Å². The van der Waals surface area contributed by atoms with Crippen molar-refractivity contribution in [2.75, 3.05) is 18.3 Å². The molecule has 1 unspecified atom stereocenters. The van der Waals surface area contributed by atoms with Gasteiger partial charge in [0.25, 0.3) is 11.7 Å². The topological polar surface area (TPSA) is 85.3 Å². The van der Waals surface area contributed by atoms with Crippen molar-refractivity contribution in [3.8, 4) is 17.2 Å². The molecule has 5 rings (SSSR count). The van der Waals surface area contributed by atoms with Gasteiger partial charge in [-0.3, -0.25) is 14.5 Å². The second-order valence-corrected chi connectivity index (χ2v) is 8.15. The molecule has 2 aliphatic rings. The number of halogens is 1. The molecule has 0 spiro atoms. The molecule has 0 aliphatic carbocycles. The number of rotatable bonds is 5. The molecule has 0 aromatic heterocycles.